The first-order chi connectivity index (χ1) is 6.77. The van der Waals surface area contributed by atoms with Crippen LogP contribution < -0.4 is 4.74 Å². The molecule has 0 aliphatic heterocycles. The summed E-state index contributed by atoms with van der Waals surface area (Å²) in [5, 5.41) is 3.56. The molecule has 1 heterocycles. The molecule has 5 heteroatoms. The lowest BCUT2D eigenvalue weighted by Crippen LogP contribution is -1.98. The molecule has 0 spiro atoms. The van der Waals surface area contributed by atoms with E-state index in [1.807, 2.05) is 0 Å². The number of methoxy groups -OCH3 is 1. The summed E-state index contributed by atoms with van der Waals surface area (Å²) in [6.45, 7) is 2.63. The molecule has 0 saturated carbocycles. The Balaban J connectivity index is 2.46. The smallest absolute Gasteiger partial charge is 0.377 e. The SMILES string of the molecule is CCCCOc1cc(C(=O)OC)on1. The van der Waals surface area contributed by atoms with Gasteiger partial charge in [0.1, 0.15) is 0 Å². The monoisotopic (exact) mass is 199 g/mol. The molecule has 0 aliphatic rings. The maximum Gasteiger partial charge on any atom is 0.377 e. The normalized spacial score (nSPS) is 9.86. The van der Waals surface area contributed by atoms with Crippen LogP contribution in [0.2, 0.25) is 0 Å². The van der Waals surface area contributed by atoms with Gasteiger partial charge in [-0.3, -0.25) is 0 Å². The zero-order valence-electron chi connectivity index (χ0n) is 8.28. The summed E-state index contributed by atoms with van der Waals surface area (Å²) in [7, 11) is 1.28. The Kier molecular flexibility index (Phi) is 3.97. The van der Waals surface area contributed by atoms with Gasteiger partial charge in [-0.25, -0.2) is 4.79 Å². The fourth-order valence-corrected chi connectivity index (χ4v) is 0.845. The molecule has 14 heavy (non-hydrogen) atoms. The molecule has 0 aliphatic carbocycles. The van der Waals surface area contributed by atoms with Gasteiger partial charge < -0.3 is 14.0 Å². The molecule has 1 aromatic heterocycles. The molecular formula is C9H13NO4. The van der Waals surface area contributed by atoms with E-state index in [0.717, 1.165) is 12.8 Å². The summed E-state index contributed by atoms with van der Waals surface area (Å²) in [4.78, 5) is 10.9. The molecule has 0 aromatic carbocycles. The third-order valence-corrected chi connectivity index (χ3v) is 1.62. The third kappa shape index (κ3) is 2.76. The highest BCUT2D eigenvalue weighted by atomic mass is 16.6. The number of carbonyl (C=O) groups is 1. The highest BCUT2D eigenvalue weighted by Gasteiger charge is 2.13. The number of unbranched alkanes of at least 4 members (excludes halogenated alkanes) is 1. The minimum atomic E-state index is -0.553. The van der Waals surface area contributed by atoms with Crippen LogP contribution in [0.15, 0.2) is 10.6 Å². The van der Waals surface area contributed by atoms with Crippen LogP contribution >= 0.6 is 0 Å². The molecule has 1 aromatic rings. The van der Waals surface area contributed by atoms with E-state index in [1.54, 1.807) is 0 Å². The second-order valence-electron chi connectivity index (χ2n) is 2.72. The highest BCUT2D eigenvalue weighted by molar-refractivity contribution is 5.86. The van der Waals surface area contributed by atoms with E-state index in [4.69, 9.17) is 9.26 Å². The van der Waals surface area contributed by atoms with E-state index in [9.17, 15) is 4.79 Å². The lowest BCUT2D eigenvalue weighted by atomic mass is 10.4. The van der Waals surface area contributed by atoms with Crippen LogP contribution in [0.3, 0.4) is 0 Å². The van der Waals surface area contributed by atoms with Gasteiger partial charge in [-0.1, -0.05) is 13.3 Å². The molecule has 0 fully saturated rings. The Hall–Kier alpha value is -1.52. The number of rotatable bonds is 5. The van der Waals surface area contributed by atoms with E-state index in [1.165, 1.54) is 13.2 Å². The van der Waals surface area contributed by atoms with Gasteiger partial charge in [-0.05, 0) is 11.6 Å². The van der Waals surface area contributed by atoms with E-state index in [2.05, 4.69) is 16.8 Å². The Morgan fingerprint density at radius 2 is 2.43 bits per heavy atom. The Morgan fingerprint density at radius 1 is 1.64 bits per heavy atom. The Morgan fingerprint density at radius 3 is 3.07 bits per heavy atom. The van der Waals surface area contributed by atoms with E-state index in [0.29, 0.717) is 12.5 Å². The van der Waals surface area contributed by atoms with Crippen molar-refractivity contribution in [1.29, 1.82) is 0 Å². The molecule has 78 valence electrons. The van der Waals surface area contributed by atoms with Gasteiger partial charge in [-0.15, -0.1) is 0 Å². The van der Waals surface area contributed by atoms with Crippen molar-refractivity contribution in [3.05, 3.63) is 11.8 Å². The first-order valence-corrected chi connectivity index (χ1v) is 4.45. The van der Waals surface area contributed by atoms with Crippen LogP contribution in [0.4, 0.5) is 0 Å². The summed E-state index contributed by atoms with van der Waals surface area (Å²) < 4.78 is 14.4. The molecule has 0 N–H and O–H groups in total. The lowest BCUT2D eigenvalue weighted by molar-refractivity contribution is 0.0554. The van der Waals surface area contributed by atoms with Crippen LogP contribution in [0.5, 0.6) is 5.88 Å². The van der Waals surface area contributed by atoms with Crippen LogP contribution in [0.1, 0.15) is 30.3 Å². The summed E-state index contributed by atoms with van der Waals surface area (Å²) in [6, 6.07) is 1.42. The molecule has 0 atom stereocenters. The van der Waals surface area contributed by atoms with Crippen LogP contribution in [-0.2, 0) is 4.74 Å². The predicted octanol–water partition coefficient (Wildman–Crippen LogP) is 1.64. The Bertz CT molecular complexity index is 295. The maximum absolute atomic E-state index is 10.9. The third-order valence-electron chi connectivity index (χ3n) is 1.62. The van der Waals surface area contributed by atoms with E-state index >= 15 is 0 Å². The van der Waals surface area contributed by atoms with Crippen molar-refractivity contribution in [2.24, 2.45) is 0 Å². The van der Waals surface area contributed by atoms with Gasteiger partial charge in [0, 0.05) is 0 Å². The molecule has 0 saturated heterocycles. The lowest BCUT2D eigenvalue weighted by Gasteiger charge is -1.97. The highest BCUT2D eigenvalue weighted by Crippen LogP contribution is 2.12. The first-order valence-electron chi connectivity index (χ1n) is 4.45. The number of hydrogen-bond donors (Lipinski definition) is 0. The number of carbonyl (C=O) groups excluding carboxylic acids is 1. The van der Waals surface area contributed by atoms with Crippen molar-refractivity contribution >= 4 is 5.97 Å². The number of aromatic nitrogens is 1. The number of hydrogen-bond acceptors (Lipinski definition) is 5. The van der Waals surface area contributed by atoms with Crippen molar-refractivity contribution in [2.75, 3.05) is 13.7 Å². The van der Waals surface area contributed by atoms with Gasteiger partial charge >= 0.3 is 5.97 Å². The number of ether oxygens (including phenoxy) is 2. The second kappa shape index (κ2) is 5.26. The van der Waals surface area contributed by atoms with Gasteiger partial charge in [-0.2, -0.15) is 0 Å². The molecule has 0 radical (unpaired) electrons. The van der Waals surface area contributed by atoms with Crippen LogP contribution in [-0.4, -0.2) is 24.8 Å². The fraction of sp³-hybridized carbons (Fsp3) is 0.556. The molecule has 0 amide bonds. The van der Waals surface area contributed by atoms with Crippen LogP contribution in [0.25, 0.3) is 0 Å². The predicted molar refractivity (Wildman–Crippen MR) is 48.2 cm³/mol. The van der Waals surface area contributed by atoms with Crippen molar-refractivity contribution < 1.29 is 18.8 Å². The zero-order chi connectivity index (χ0) is 10.4. The minimum Gasteiger partial charge on any atom is -0.475 e. The molecular weight excluding hydrogens is 186 g/mol. The quantitative estimate of drug-likeness (QED) is 0.533. The Labute approximate surface area is 82.0 Å². The first kappa shape index (κ1) is 10.6. The number of nitrogens with zero attached hydrogens (tertiary/aromatic N) is 1. The average molecular weight is 199 g/mol. The molecule has 1 rings (SSSR count). The maximum atomic E-state index is 10.9. The topological polar surface area (TPSA) is 61.6 Å². The van der Waals surface area contributed by atoms with Gasteiger partial charge in [0.25, 0.3) is 5.88 Å². The zero-order valence-corrected chi connectivity index (χ0v) is 8.28. The van der Waals surface area contributed by atoms with Crippen molar-refractivity contribution in [3.8, 4) is 5.88 Å². The standard InChI is InChI=1S/C9H13NO4/c1-3-4-5-13-8-6-7(14-10-8)9(11)12-2/h6H,3-5H2,1-2H3. The summed E-state index contributed by atoms with van der Waals surface area (Å²) in [5.74, 6) is -0.180. The van der Waals surface area contributed by atoms with Gasteiger partial charge in [0.2, 0.25) is 5.76 Å². The summed E-state index contributed by atoms with van der Waals surface area (Å²) in [6.07, 6.45) is 1.99. The van der Waals surface area contributed by atoms with E-state index in [-0.39, 0.29) is 5.76 Å². The van der Waals surface area contributed by atoms with Crippen molar-refractivity contribution in [1.82, 2.24) is 5.16 Å². The van der Waals surface area contributed by atoms with Crippen molar-refractivity contribution in [3.63, 3.8) is 0 Å². The minimum absolute atomic E-state index is 0.0546. The largest absolute Gasteiger partial charge is 0.475 e. The van der Waals surface area contributed by atoms with Crippen molar-refractivity contribution in [2.45, 2.75) is 19.8 Å². The fourth-order valence-electron chi connectivity index (χ4n) is 0.845. The molecule has 0 unspecified atom stereocenters. The summed E-state index contributed by atoms with van der Waals surface area (Å²) >= 11 is 0. The van der Waals surface area contributed by atoms with E-state index < -0.39 is 5.97 Å². The van der Waals surface area contributed by atoms with Gasteiger partial charge in [0.05, 0.1) is 19.8 Å². The van der Waals surface area contributed by atoms with Gasteiger partial charge in [0.15, 0.2) is 0 Å². The summed E-state index contributed by atoms with van der Waals surface area (Å²) in [5.41, 5.74) is 0. The van der Waals surface area contributed by atoms with Crippen LogP contribution in [0, 0.1) is 0 Å². The second-order valence-corrected chi connectivity index (χ2v) is 2.72. The molecule has 5 nitrogen and oxygen atoms in total. The number of esters is 1. The average Bonchev–Trinajstić information content (AvgIpc) is 2.66. The molecule has 0 bridgehead atoms.